The van der Waals surface area contributed by atoms with E-state index in [0.717, 1.165) is 10.8 Å². The number of benzene rings is 2. The van der Waals surface area contributed by atoms with Gasteiger partial charge in [0.15, 0.2) is 0 Å². The summed E-state index contributed by atoms with van der Waals surface area (Å²) in [5, 5.41) is 13.6. The Bertz CT molecular complexity index is 1050. The summed E-state index contributed by atoms with van der Waals surface area (Å²) in [4.78, 5) is 39.1. The Morgan fingerprint density at radius 2 is 1.90 bits per heavy atom. The van der Waals surface area contributed by atoms with Crippen LogP contribution in [-0.2, 0) is 9.59 Å². The predicted octanol–water partition coefficient (Wildman–Crippen LogP) is 2.87. The summed E-state index contributed by atoms with van der Waals surface area (Å²) in [7, 11) is 0. The second-order valence-corrected chi connectivity index (χ2v) is 10.1. The molecule has 0 unspecified atom stereocenters. The number of fused-ring (bicyclic) bond motifs is 2. The van der Waals surface area contributed by atoms with Crippen molar-refractivity contribution in [2.45, 2.75) is 56.0 Å². The van der Waals surface area contributed by atoms with Gasteiger partial charge in [-0.1, -0.05) is 30.3 Å². The van der Waals surface area contributed by atoms with E-state index in [9.17, 15) is 19.5 Å². The van der Waals surface area contributed by atoms with Crippen molar-refractivity contribution in [3.8, 4) is 5.75 Å². The zero-order chi connectivity index (χ0) is 21.8. The topological polar surface area (TPSA) is 95.9 Å². The second-order valence-electron chi connectivity index (χ2n) is 8.38. The van der Waals surface area contributed by atoms with Crippen LogP contribution < -0.4 is 10.1 Å². The van der Waals surface area contributed by atoms with Crippen LogP contribution in [0.5, 0.6) is 5.75 Å². The number of carbonyl (C=O) groups excluding carboxylic acids is 2. The van der Waals surface area contributed by atoms with Gasteiger partial charge in [0.25, 0.3) is 5.91 Å². The number of ether oxygens (including phenoxy) is 1. The zero-order valence-corrected chi connectivity index (χ0v) is 18.0. The highest BCUT2D eigenvalue weighted by molar-refractivity contribution is 8.01. The first-order chi connectivity index (χ1) is 14.1. The minimum absolute atomic E-state index is 0.124. The number of carbonyl (C=O) groups is 3. The normalized spacial score (nSPS) is 24.5. The minimum atomic E-state index is -1.03. The fourth-order valence-electron chi connectivity index (χ4n) is 4.20. The lowest BCUT2D eigenvalue weighted by atomic mass is 9.95. The van der Waals surface area contributed by atoms with Crippen LogP contribution in [0.1, 0.15) is 38.1 Å². The van der Waals surface area contributed by atoms with Gasteiger partial charge < -0.3 is 20.1 Å². The Morgan fingerprint density at radius 3 is 2.57 bits per heavy atom. The number of rotatable bonds is 5. The van der Waals surface area contributed by atoms with Crippen LogP contribution in [0.25, 0.3) is 10.8 Å². The van der Waals surface area contributed by atoms with Gasteiger partial charge >= 0.3 is 5.97 Å². The van der Waals surface area contributed by atoms with Gasteiger partial charge in [-0.25, -0.2) is 4.79 Å². The number of carboxylic acid groups (broad SMARTS) is 1. The summed E-state index contributed by atoms with van der Waals surface area (Å²) in [6, 6.07) is 9.48. The van der Waals surface area contributed by atoms with E-state index in [-0.39, 0.29) is 12.0 Å². The molecule has 158 valence electrons. The van der Waals surface area contributed by atoms with Gasteiger partial charge in [0.05, 0.1) is 11.7 Å². The van der Waals surface area contributed by atoms with Gasteiger partial charge in [-0.2, -0.15) is 0 Å². The Kier molecular flexibility index (Phi) is 4.92. The maximum Gasteiger partial charge on any atom is 0.327 e. The number of β-lactam (4-membered cyclic amide) rings is 1. The van der Waals surface area contributed by atoms with Gasteiger partial charge in [0.1, 0.15) is 23.2 Å². The van der Waals surface area contributed by atoms with E-state index in [1.807, 2.05) is 44.2 Å². The van der Waals surface area contributed by atoms with Crippen molar-refractivity contribution in [1.29, 1.82) is 0 Å². The van der Waals surface area contributed by atoms with Crippen LogP contribution in [0.4, 0.5) is 0 Å². The van der Waals surface area contributed by atoms with Gasteiger partial charge in [-0.3, -0.25) is 9.59 Å². The van der Waals surface area contributed by atoms with Crippen molar-refractivity contribution in [3.63, 3.8) is 0 Å². The summed E-state index contributed by atoms with van der Waals surface area (Å²) in [5.74, 6) is -1.36. The van der Waals surface area contributed by atoms with Crippen LogP contribution in [0.15, 0.2) is 36.4 Å². The third kappa shape index (κ3) is 3.19. The van der Waals surface area contributed by atoms with Crippen molar-refractivity contribution in [2.75, 3.05) is 0 Å². The molecule has 0 spiro atoms. The molecule has 2 saturated heterocycles. The Balaban J connectivity index is 1.65. The maximum atomic E-state index is 13.3. The molecule has 30 heavy (non-hydrogen) atoms. The number of nitrogens with one attached hydrogen (secondary N) is 1. The molecular formula is C22H24N2O5S. The molecule has 2 aromatic carbocycles. The molecule has 2 N–H and O–H groups in total. The lowest BCUT2D eigenvalue weighted by Crippen LogP contribution is -2.70. The third-order valence-corrected chi connectivity index (χ3v) is 7.01. The number of carboxylic acids is 1. The van der Waals surface area contributed by atoms with Crippen LogP contribution in [0, 0.1) is 0 Å². The molecule has 8 heteroatoms. The Hall–Kier alpha value is -2.74. The van der Waals surface area contributed by atoms with E-state index >= 15 is 0 Å². The molecule has 7 nitrogen and oxygen atoms in total. The monoisotopic (exact) mass is 428 g/mol. The highest BCUT2D eigenvalue weighted by Crippen LogP contribution is 2.50. The smallest absolute Gasteiger partial charge is 0.327 e. The maximum absolute atomic E-state index is 13.3. The second kappa shape index (κ2) is 7.19. The molecule has 3 atom stereocenters. The van der Waals surface area contributed by atoms with Crippen LogP contribution in [0.3, 0.4) is 0 Å². The molecule has 4 rings (SSSR count). The van der Waals surface area contributed by atoms with Gasteiger partial charge in [-0.05, 0) is 44.5 Å². The standard InChI is InChI=1S/C22H24N2O5S/c1-11(2)29-14-10-9-12-7-5-6-8-13(12)15(14)18(25)23-16-19(26)24-17(21(27)28)22(3,4)30-20(16)24/h5-11,16-17,20H,1-4H3,(H,23,25)(H,27,28)/t16-,17+,20-/m1/s1. The highest BCUT2D eigenvalue weighted by atomic mass is 32.2. The number of hydrogen-bond acceptors (Lipinski definition) is 5. The van der Waals surface area contributed by atoms with Crippen molar-refractivity contribution in [2.24, 2.45) is 0 Å². The molecule has 2 aliphatic rings. The van der Waals surface area contributed by atoms with Gasteiger partial charge in [0, 0.05) is 4.75 Å². The quantitative estimate of drug-likeness (QED) is 0.711. The molecule has 2 amide bonds. The predicted molar refractivity (Wildman–Crippen MR) is 115 cm³/mol. The number of thioether (sulfide) groups is 1. The molecule has 2 heterocycles. The van der Waals surface area contributed by atoms with Crippen LogP contribution in [0.2, 0.25) is 0 Å². The molecule has 2 aliphatic heterocycles. The molecule has 0 radical (unpaired) electrons. The Morgan fingerprint density at radius 1 is 1.20 bits per heavy atom. The fraction of sp³-hybridized carbons (Fsp3) is 0.409. The van der Waals surface area contributed by atoms with Crippen LogP contribution in [-0.4, -0.2) is 56.1 Å². The Labute approximate surface area is 178 Å². The molecule has 2 aromatic rings. The van der Waals surface area contributed by atoms with E-state index in [2.05, 4.69) is 5.32 Å². The zero-order valence-electron chi connectivity index (χ0n) is 17.2. The van der Waals surface area contributed by atoms with Gasteiger partial charge in [-0.15, -0.1) is 11.8 Å². The SMILES string of the molecule is CC(C)Oc1ccc2ccccc2c1C(=O)N[C@@H]1C(=O)N2[C@@H]1SC(C)(C)[C@@H]2C(=O)O. The lowest BCUT2D eigenvalue weighted by Gasteiger charge is -2.43. The summed E-state index contributed by atoms with van der Waals surface area (Å²) in [6.07, 6.45) is -0.124. The van der Waals surface area contributed by atoms with Crippen LogP contribution >= 0.6 is 11.8 Å². The fourth-order valence-corrected chi connectivity index (χ4v) is 5.82. The summed E-state index contributed by atoms with van der Waals surface area (Å²) in [5.41, 5.74) is 0.380. The van der Waals surface area contributed by atoms with E-state index in [1.165, 1.54) is 16.7 Å². The summed E-state index contributed by atoms with van der Waals surface area (Å²) >= 11 is 1.40. The molecular weight excluding hydrogens is 404 g/mol. The lowest BCUT2D eigenvalue weighted by molar-refractivity contribution is -0.159. The molecule has 0 bridgehead atoms. The number of aliphatic carboxylic acids is 1. The largest absolute Gasteiger partial charge is 0.490 e. The molecule has 0 saturated carbocycles. The van der Waals surface area contributed by atoms with Crippen molar-refractivity contribution < 1.29 is 24.2 Å². The summed E-state index contributed by atoms with van der Waals surface area (Å²) < 4.78 is 5.22. The average molecular weight is 429 g/mol. The van der Waals surface area contributed by atoms with Crippen molar-refractivity contribution >= 4 is 40.3 Å². The first-order valence-corrected chi connectivity index (χ1v) is 10.7. The van der Waals surface area contributed by atoms with E-state index in [1.54, 1.807) is 19.9 Å². The number of amides is 2. The van der Waals surface area contributed by atoms with Gasteiger partial charge in [0.2, 0.25) is 5.91 Å². The van der Waals surface area contributed by atoms with E-state index in [4.69, 9.17) is 4.74 Å². The summed E-state index contributed by atoms with van der Waals surface area (Å²) in [6.45, 7) is 7.38. The molecule has 0 aliphatic carbocycles. The first kappa shape index (κ1) is 20.5. The minimum Gasteiger partial charge on any atom is -0.490 e. The van der Waals surface area contributed by atoms with E-state index in [0.29, 0.717) is 11.3 Å². The first-order valence-electron chi connectivity index (χ1n) is 9.84. The van der Waals surface area contributed by atoms with E-state index < -0.39 is 34.1 Å². The molecule has 2 fully saturated rings. The highest BCUT2D eigenvalue weighted by Gasteiger charge is 2.64. The van der Waals surface area contributed by atoms with Crippen molar-refractivity contribution in [3.05, 3.63) is 42.0 Å². The number of nitrogens with zero attached hydrogens (tertiary/aromatic N) is 1. The molecule has 0 aromatic heterocycles. The third-order valence-electron chi connectivity index (χ3n) is 5.44. The van der Waals surface area contributed by atoms with Crippen molar-refractivity contribution in [1.82, 2.24) is 10.2 Å². The number of hydrogen-bond donors (Lipinski definition) is 2. The average Bonchev–Trinajstić information content (AvgIpc) is 2.93.